The van der Waals surface area contributed by atoms with Crippen LogP contribution in [0.1, 0.15) is 29.0 Å². The lowest BCUT2D eigenvalue weighted by Crippen LogP contribution is -2.08. The van der Waals surface area contributed by atoms with Crippen molar-refractivity contribution in [2.75, 3.05) is 0 Å². The van der Waals surface area contributed by atoms with Crippen LogP contribution in [0.3, 0.4) is 0 Å². The van der Waals surface area contributed by atoms with E-state index < -0.39 is 5.97 Å². The van der Waals surface area contributed by atoms with Gasteiger partial charge in [-0.05, 0) is 41.0 Å². The summed E-state index contributed by atoms with van der Waals surface area (Å²) in [6.45, 7) is 0.469. The number of aliphatic carboxylic acids is 1. The van der Waals surface area contributed by atoms with E-state index in [0.717, 1.165) is 16.7 Å². The molecule has 0 fully saturated rings. The van der Waals surface area contributed by atoms with E-state index in [-0.39, 0.29) is 18.2 Å². The van der Waals surface area contributed by atoms with Crippen molar-refractivity contribution < 1.29 is 19.0 Å². The molecule has 0 aliphatic carbocycles. The zero-order chi connectivity index (χ0) is 18.4. The zero-order valence-corrected chi connectivity index (χ0v) is 14.1. The molecule has 0 heterocycles. The summed E-state index contributed by atoms with van der Waals surface area (Å²) < 4.78 is 18.9. The highest BCUT2D eigenvalue weighted by Crippen LogP contribution is 2.29. The first kappa shape index (κ1) is 17.7. The van der Waals surface area contributed by atoms with Gasteiger partial charge in [0.15, 0.2) is 0 Å². The quantitative estimate of drug-likeness (QED) is 0.651. The van der Waals surface area contributed by atoms with Crippen molar-refractivity contribution in [2.24, 2.45) is 0 Å². The second kappa shape index (κ2) is 8.30. The molecule has 1 N–H and O–H groups in total. The number of carboxylic acids is 1. The van der Waals surface area contributed by atoms with Crippen LogP contribution in [-0.4, -0.2) is 11.1 Å². The van der Waals surface area contributed by atoms with Crippen molar-refractivity contribution in [3.8, 4) is 5.75 Å². The van der Waals surface area contributed by atoms with Crippen LogP contribution in [0, 0.1) is 5.82 Å². The molecule has 26 heavy (non-hydrogen) atoms. The van der Waals surface area contributed by atoms with Gasteiger partial charge in [-0.1, -0.05) is 54.6 Å². The van der Waals surface area contributed by atoms with Crippen molar-refractivity contribution in [1.29, 1.82) is 0 Å². The Balaban J connectivity index is 1.75. The van der Waals surface area contributed by atoms with Crippen LogP contribution in [-0.2, 0) is 11.4 Å². The van der Waals surface area contributed by atoms with Gasteiger partial charge < -0.3 is 9.84 Å². The number of carboxylic acid groups (broad SMARTS) is 1. The summed E-state index contributed by atoms with van der Waals surface area (Å²) in [5.74, 6) is -0.863. The molecule has 0 spiro atoms. The minimum Gasteiger partial charge on any atom is -0.489 e. The first-order chi connectivity index (χ1) is 12.6. The van der Waals surface area contributed by atoms with Crippen molar-refractivity contribution in [3.05, 3.63) is 101 Å². The van der Waals surface area contributed by atoms with Gasteiger partial charge in [0.2, 0.25) is 0 Å². The number of rotatable bonds is 7. The third kappa shape index (κ3) is 4.70. The van der Waals surface area contributed by atoms with Gasteiger partial charge >= 0.3 is 5.97 Å². The van der Waals surface area contributed by atoms with E-state index in [0.29, 0.717) is 12.4 Å². The largest absolute Gasteiger partial charge is 0.489 e. The van der Waals surface area contributed by atoms with E-state index in [1.54, 1.807) is 12.1 Å². The second-order valence-electron chi connectivity index (χ2n) is 6.05. The molecule has 0 bridgehead atoms. The molecule has 132 valence electrons. The van der Waals surface area contributed by atoms with Crippen molar-refractivity contribution in [3.63, 3.8) is 0 Å². The summed E-state index contributed by atoms with van der Waals surface area (Å²) in [6, 6.07) is 23.2. The summed E-state index contributed by atoms with van der Waals surface area (Å²) in [5, 5.41) is 9.23. The Kier molecular flexibility index (Phi) is 5.64. The maximum Gasteiger partial charge on any atom is 0.304 e. The fourth-order valence-corrected chi connectivity index (χ4v) is 2.84. The molecule has 0 saturated heterocycles. The van der Waals surface area contributed by atoms with E-state index in [9.17, 15) is 14.3 Å². The molecule has 0 aliphatic heterocycles. The molecule has 0 aromatic heterocycles. The average Bonchev–Trinajstić information content (AvgIpc) is 2.66. The van der Waals surface area contributed by atoms with Gasteiger partial charge in [0.1, 0.15) is 18.2 Å². The molecule has 0 amide bonds. The highest BCUT2D eigenvalue weighted by atomic mass is 19.1. The Morgan fingerprint density at radius 1 is 0.885 bits per heavy atom. The lowest BCUT2D eigenvalue weighted by Gasteiger charge is -2.17. The second-order valence-corrected chi connectivity index (χ2v) is 6.05. The molecule has 0 radical (unpaired) electrons. The topological polar surface area (TPSA) is 46.5 Å². The Morgan fingerprint density at radius 2 is 1.46 bits per heavy atom. The van der Waals surface area contributed by atoms with Crippen LogP contribution in [0.4, 0.5) is 4.39 Å². The lowest BCUT2D eigenvalue weighted by molar-refractivity contribution is -0.137. The Labute approximate surface area is 151 Å². The van der Waals surface area contributed by atoms with Crippen molar-refractivity contribution in [1.82, 2.24) is 0 Å². The zero-order valence-electron chi connectivity index (χ0n) is 14.1. The van der Waals surface area contributed by atoms with Crippen LogP contribution >= 0.6 is 0 Å². The molecule has 1 atom stereocenters. The maximum atomic E-state index is 13.2. The van der Waals surface area contributed by atoms with Crippen LogP contribution in [0.5, 0.6) is 5.75 Å². The van der Waals surface area contributed by atoms with Gasteiger partial charge in [-0.15, -0.1) is 0 Å². The van der Waals surface area contributed by atoms with Gasteiger partial charge in [0.25, 0.3) is 0 Å². The van der Waals surface area contributed by atoms with Crippen molar-refractivity contribution >= 4 is 5.97 Å². The lowest BCUT2D eigenvalue weighted by atomic mass is 9.88. The fourth-order valence-electron chi connectivity index (χ4n) is 2.84. The van der Waals surface area contributed by atoms with E-state index >= 15 is 0 Å². The van der Waals surface area contributed by atoms with Crippen LogP contribution < -0.4 is 4.74 Å². The standard InChI is InChI=1S/C22H19FO3/c23-19-10-6-17(7-11-19)21(14-22(24)25)18-8-12-20(13-9-18)26-15-16-4-2-1-3-5-16/h1-13,21H,14-15H2,(H,24,25). The molecule has 0 aliphatic rings. The fraction of sp³-hybridized carbons (Fsp3) is 0.136. The minimum absolute atomic E-state index is 0.0597. The molecule has 0 saturated carbocycles. The monoisotopic (exact) mass is 350 g/mol. The van der Waals surface area contributed by atoms with E-state index in [1.807, 2.05) is 54.6 Å². The highest BCUT2D eigenvalue weighted by Gasteiger charge is 2.18. The van der Waals surface area contributed by atoms with Crippen molar-refractivity contribution in [2.45, 2.75) is 18.9 Å². The first-order valence-corrected chi connectivity index (χ1v) is 8.36. The summed E-state index contributed by atoms with van der Waals surface area (Å²) >= 11 is 0. The Hall–Kier alpha value is -3.14. The number of ether oxygens (including phenoxy) is 1. The number of carbonyl (C=O) groups is 1. The average molecular weight is 350 g/mol. The Bertz CT molecular complexity index is 843. The van der Waals surface area contributed by atoms with Crippen LogP contribution in [0.2, 0.25) is 0 Å². The number of hydrogen-bond acceptors (Lipinski definition) is 2. The molecular weight excluding hydrogens is 331 g/mol. The van der Waals surface area contributed by atoms with Gasteiger partial charge in [0.05, 0.1) is 6.42 Å². The molecule has 3 aromatic rings. The third-order valence-electron chi connectivity index (χ3n) is 4.18. The first-order valence-electron chi connectivity index (χ1n) is 8.36. The van der Waals surface area contributed by atoms with Crippen LogP contribution in [0.25, 0.3) is 0 Å². The predicted octanol–water partition coefficient (Wildman–Crippen LogP) is 5.01. The highest BCUT2D eigenvalue weighted by molar-refractivity contribution is 5.69. The minimum atomic E-state index is -0.899. The molecule has 3 aromatic carbocycles. The van der Waals surface area contributed by atoms with Gasteiger partial charge in [0, 0.05) is 5.92 Å². The molecule has 3 nitrogen and oxygen atoms in total. The molecular formula is C22H19FO3. The summed E-state index contributed by atoms with van der Waals surface area (Å²) in [5.41, 5.74) is 2.70. The summed E-state index contributed by atoms with van der Waals surface area (Å²) in [4.78, 5) is 11.3. The predicted molar refractivity (Wildman–Crippen MR) is 97.7 cm³/mol. The van der Waals surface area contributed by atoms with Gasteiger partial charge in [-0.25, -0.2) is 4.39 Å². The number of hydrogen-bond donors (Lipinski definition) is 1. The Morgan fingerprint density at radius 3 is 2.04 bits per heavy atom. The maximum absolute atomic E-state index is 13.2. The van der Waals surface area contributed by atoms with Gasteiger partial charge in [-0.3, -0.25) is 4.79 Å². The molecule has 3 rings (SSSR count). The SMILES string of the molecule is O=C(O)CC(c1ccc(F)cc1)c1ccc(OCc2ccccc2)cc1. The normalized spacial score (nSPS) is 11.7. The number of benzene rings is 3. The third-order valence-corrected chi connectivity index (χ3v) is 4.18. The molecule has 4 heteroatoms. The summed E-state index contributed by atoms with van der Waals surface area (Å²) in [7, 11) is 0. The number of halogens is 1. The molecule has 1 unspecified atom stereocenters. The van der Waals surface area contributed by atoms with E-state index in [1.165, 1.54) is 12.1 Å². The van der Waals surface area contributed by atoms with Crippen LogP contribution in [0.15, 0.2) is 78.9 Å². The summed E-state index contributed by atoms with van der Waals surface area (Å²) in [6.07, 6.45) is -0.0597. The smallest absolute Gasteiger partial charge is 0.304 e. The van der Waals surface area contributed by atoms with E-state index in [4.69, 9.17) is 4.74 Å². The van der Waals surface area contributed by atoms with E-state index in [2.05, 4.69) is 0 Å². The van der Waals surface area contributed by atoms with Gasteiger partial charge in [-0.2, -0.15) is 0 Å².